The zero-order valence-corrected chi connectivity index (χ0v) is 13.9. The van der Waals surface area contributed by atoms with E-state index < -0.39 is 0 Å². The van der Waals surface area contributed by atoms with Crippen molar-refractivity contribution >= 4 is 0 Å². The molecule has 0 amide bonds. The normalized spacial score (nSPS) is 11.7. The van der Waals surface area contributed by atoms with E-state index in [1.807, 2.05) is 54.1 Å². The van der Waals surface area contributed by atoms with E-state index in [1.54, 1.807) is 6.20 Å². The molecule has 0 aliphatic heterocycles. The molecule has 118 valence electrons. The number of nitrogens with zero attached hydrogens (tertiary/aromatic N) is 3. The Bertz CT molecular complexity index is 830. The number of hydrogen-bond donors (Lipinski definition) is 1. The molecule has 0 saturated heterocycles. The first-order valence-electron chi connectivity index (χ1n) is 7.69. The molecule has 0 spiro atoms. The molecule has 1 aromatic carbocycles. The largest absolute Gasteiger partial charge is 0.504 e. The fraction of sp³-hybridized carbons (Fsp3) is 0.263. The number of aromatic hydroxyl groups is 1. The topological polar surface area (TPSA) is 50.9 Å². The van der Waals surface area contributed by atoms with Gasteiger partial charge in [0, 0.05) is 17.3 Å². The van der Waals surface area contributed by atoms with Crippen molar-refractivity contribution in [3.8, 4) is 28.3 Å². The summed E-state index contributed by atoms with van der Waals surface area (Å²) in [5.74, 6) is 0.234. The van der Waals surface area contributed by atoms with Crippen molar-refractivity contribution in [2.45, 2.75) is 33.2 Å². The molecule has 23 heavy (non-hydrogen) atoms. The van der Waals surface area contributed by atoms with Crippen molar-refractivity contribution in [1.29, 1.82) is 0 Å². The van der Waals surface area contributed by atoms with Crippen LogP contribution in [0.1, 0.15) is 26.5 Å². The number of benzene rings is 1. The van der Waals surface area contributed by atoms with Gasteiger partial charge in [-0.05, 0) is 45.9 Å². The summed E-state index contributed by atoms with van der Waals surface area (Å²) in [5.41, 5.74) is 3.99. The minimum absolute atomic E-state index is 0.182. The highest BCUT2D eigenvalue weighted by atomic mass is 16.3. The van der Waals surface area contributed by atoms with Gasteiger partial charge in [0.15, 0.2) is 5.75 Å². The first kappa shape index (κ1) is 15.3. The molecule has 0 aliphatic carbocycles. The maximum atomic E-state index is 10.5. The summed E-state index contributed by atoms with van der Waals surface area (Å²) in [6.07, 6.45) is 1.78. The molecule has 0 atom stereocenters. The van der Waals surface area contributed by atoms with Crippen molar-refractivity contribution in [2.24, 2.45) is 0 Å². The summed E-state index contributed by atoms with van der Waals surface area (Å²) in [6, 6.07) is 13.8. The van der Waals surface area contributed by atoms with Crippen LogP contribution in [0.4, 0.5) is 0 Å². The van der Waals surface area contributed by atoms with E-state index >= 15 is 0 Å². The molecule has 3 rings (SSSR count). The van der Waals surface area contributed by atoms with Crippen molar-refractivity contribution in [3.05, 3.63) is 54.4 Å². The SMILES string of the molecule is Cc1c(O)c(-c2cccc(-c3ccccn3)c2)nn1C(C)(C)C. The van der Waals surface area contributed by atoms with Crippen LogP contribution in [0, 0.1) is 6.92 Å². The van der Waals surface area contributed by atoms with Gasteiger partial charge >= 0.3 is 0 Å². The lowest BCUT2D eigenvalue weighted by Crippen LogP contribution is -2.24. The lowest BCUT2D eigenvalue weighted by molar-refractivity contribution is 0.345. The van der Waals surface area contributed by atoms with Crippen LogP contribution in [0.5, 0.6) is 5.75 Å². The van der Waals surface area contributed by atoms with Gasteiger partial charge in [-0.2, -0.15) is 5.10 Å². The van der Waals surface area contributed by atoms with E-state index in [0.29, 0.717) is 5.69 Å². The van der Waals surface area contributed by atoms with Gasteiger partial charge in [-0.1, -0.05) is 24.3 Å². The fourth-order valence-corrected chi connectivity index (χ4v) is 2.70. The molecule has 0 bridgehead atoms. The summed E-state index contributed by atoms with van der Waals surface area (Å²) in [6.45, 7) is 8.10. The Morgan fingerprint density at radius 3 is 2.35 bits per heavy atom. The van der Waals surface area contributed by atoms with Crippen molar-refractivity contribution in [1.82, 2.24) is 14.8 Å². The van der Waals surface area contributed by atoms with Crippen LogP contribution >= 0.6 is 0 Å². The minimum atomic E-state index is -0.182. The van der Waals surface area contributed by atoms with Gasteiger partial charge in [-0.3, -0.25) is 9.67 Å². The molecule has 0 radical (unpaired) electrons. The van der Waals surface area contributed by atoms with E-state index in [-0.39, 0.29) is 11.3 Å². The molecular formula is C19H21N3O. The number of rotatable bonds is 2. The summed E-state index contributed by atoms with van der Waals surface area (Å²) >= 11 is 0. The third-order valence-corrected chi connectivity index (χ3v) is 3.82. The Labute approximate surface area is 136 Å². The highest BCUT2D eigenvalue weighted by Crippen LogP contribution is 2.35. The Kier molecular flexibility index (Phi) is 3.68. The third kappa shape index (κ3) is 2.84. The fourth-order valence-electron chi connectivity index (χ4n) is 2.70. The van der Waals surface area contributed by atoms with E-state index in [1.165, 1.54) is 0 Å². The lowest BCUT2D eigenvalue weighted by atomic mass is 10.0. The van der Waals surface area contributed by atoms with Gasteiger partial charge in [-0.15, -0.1) is 0 Å². The molecule has 4 nitrogen and oxygen atoms in total. The maximum Gasteiger partial charge on any atom is 0.164 e. The summed E-state index contributed by atoms with van der Waals surface area (Å²) in [5, 5.41) is 15.1. The second kappa shape index (κ2) is 5.54. The minimum Gasteiger partial charge on any atom is -0.504 e. The Hall–Kier alpha value is -2.62. The van der Waals surface area contributed by atoms with Crippen LogP contribution in [0.25, 0.3) is 22.5 Å². The van der Waals surface area contributed by atoms with Gasteiger partial charge in [0.1, 0.15) is 5.69 Å². The van der Waals surface area contributed by atoms with E-state index in [2.05, 4.69) is 30.9 Å². The smallest absolute Gasteiger partial charge is 0.164 e. The molecule has 2 heterocycles. The maximum absolute atomic E-state index is 10.5. The lowest BCUT2D eigenvalue weighted by Gasteiger charge is -2.20. The average molecular weight is 307 g/mol. The van der Waals surface area contributed by atoms with E-state index in [4.69, 9.17) is 0 Å². The molecule has 4 heteroatoms. The summed E-state index contributed by atoms with van der Waals surface area (Å²) in [7, 11) is 0. The highest BCUT2D eigenvalue weighted by Gasteiger charge is 2.23. The zero-order chi connectivity index (χ0) is 16.6. The first-order valence-corrected chi connectivity index (χ1v) is 7.69. The van der Waals surface area contributed by atoms with E-state index in [9.17, 15) is 5.11 Å². The van der Waals surface area contributed by atoms with Crippen LogP contribution in [0.2, 0.25) is 0 Å². The highest BCUT2D eigenvalue weighted by molar-refractivity contribution is 5.73. The quantitative estimate of drug-likeness (QED) is 0.764. The molecule has 0 aliphatic rings. The summed E-state index contributed by atoms with van der Waals surface area (Å²) in [4.78, 5) is 4.38. The number of pyridine rings is 1. The average Bonchev–Trinajstić information content (AvgIpc) is 2.84. The second-order valence-corrected chi connectivity index (χ2v) is 6.66. The number of aromatic nitrogens is 3. The number of hydrogen-bond acceptors (Lipinski definition) is 3. The predicted octanol–water partition coefficient (Wildman–Crippen LogP) is 4.38. The molecule has 0 saturated carbocycles. The Balaban J connectivity index is 2.10. The van der Waals surface area contributed by atoms with Gasteiger partial charge < -0.3 is 5.11 Å². The van der Waals surface area contributed by atoms with Crippen molar-refractivity contribution in [2.75, 3.05) is 0 Å². The van der Waals surface area contributed by atoms with Crippen LogP contribution in [-0.2, 0) is 5.54 Å². The molecule has 3 aromatic rings. The van der Waals surface area contributed by atoms with Crippen LogP contribution < -0.4 is 0 Å². The Morgan fingerprint density at radius 1 is 1.00 bits per heavy atom. The first-order chi connectivity index (χ1) is 10.9. The van der Waals surface area contributed by atoms with Crippen LogP contribution in [0.15, 0.2) is 48.7 Å². The molecular weight excluding hydrogens is 286 g/mol. The van der Waals surface area contributed by atoms with Gasteiger partial charge in [0.05, 0.1) is 16.9 Å². The molecule has 0 fully saturated rings. The Morgan fingerprint density at radius 2 is 1.74 bits per heavy atom. The van der Waals surface area contributed by atoms with Gasteiger partial charge in [0.25, 0.3) is 0 Å². The third-order valence-electron chi connectivity index (χ3n) is 3.82. The van der Waals surface area contributed by atoms with Crippen molar-refractivity contribution in [3.63, 3.8) is 0 Å². The van der Waals surface area contributed by atoms with Crippen LogP contribution in [-0.4, -0.2) is 19.9 Å². The summed E-state index contributed by atoms with van der Waals surface area (Å²) < 4.78 is 1.87. The molecule has 0 unspecified atom stereocenters. The predicted molar refractivity (Wildman–Crippen MR) is 92.3 cm³/mol. The molecule has 2 aromatic heterocycles. The van der Waals surface area contributed by atoms with Gasteiger partial charge in [0.2, 0.25) is 0 Å². The van der Waals surface area contributed by atoms with Crippen LogP contribution in [0.3, 0.4) is 0 Å². The monoisotopic (exact) mass is 307 g/mol. The van der Waals surface area contributed by atoms with Crippen molar-refractivity contribution < 1.29 is 5.11 Å². The zero-order valence-electron chi connectivity index (χ0n) is 13.9. The second-order valence-electron chi connectivity index (χ2n) is 6.66. The molecule has 1 N–H and O–H groups in total. The standard InChI is InChI=1S/C19H21N3O/c1-13-18(23)17(21-22(13)19(2,3)4)15-9-7-8-14(12-15)16-10-5-6-11-20-16/h5-12,23H,1-4H3. The van der Waals surface area contributed by atoms with Gasteiger partial charge in [-0.25, -0.2) is 0 Å². The van der Waals surface area contributed by atoms with E-state index in [0.717, 1.165) is 22.5 Å².